The lowest BCUT2D eigenvalue weighted by atomic mass is 10.1. The molecule has 2 rings (SSSR count). The Morgan fingerprint density at radius 1 is 1.25 bits per heavy atom. The van der Waals surface area contributed by atoms with E-state index in [9.17, 15) is 13.2 Å². The molecule has 1 aromatic heterocycles. The van der Waals surface area contributed by atoms with Crippen LogP contribution in [0.2, 0.25) is 0 Å². The Kier molecular flexibility index (Phi) is 10.6. The van der Waals surface area contributed by atoms with Gasteiger partial charge in [-0.05, 0) is 60.8 Å². The maximum Gasteiger partial charge on any atom is 0.267 e. The number of thiophene rings is 1. The first kappa shape index (κ1) is 25.8. The minimum Gasteiger partial charge on any atom is -0.490 e. The number of hydrogen-bond acceptors (Lipinski definition) is 7. The quantitative estimate of drug-likeness (QED) is 0.235. The van der Waals surface area contributed by atoms with Crippen molar-refractivity contribution in [3.63, 3.8) is 0 Å². The van der Waals surface area contributed by atoms with E-state index >= 15 is 0 Å². The summed E-state index contributed by atoms with van der Waals surface area (Å²) in [7, 11) is -2.44. The van der Waals surface area contributed by atoms with Crippen molar-refractivity contribution in [2.24, 2.45) is 0 Å². The molecule has 0 saturated carbocycles. The third-order valence-corrected chi connectivity index (χ3v) is 6.74. The number of ether oxygens (including phenoxy) is 2. The first-order valence-electron chi connectivity index (χ1n) is 9.93. The Morgan fingerprint density at radius 3 is 2.75 bits per heavy atom. The number of nitrogens with one attached hydrogen (secondary N) is 3. The van der Waals surface area contributed by atoms with Crippen LogP contribution in [0.3, 0.4) is 0 Å². The topological polar surface area (TPSA) is 106 Å². The van der Waals surface area contributed by atoms with Crippen LogP contribution in [0.15, 0.2) is 46.7 Å². The van der Waals surface area contributed by atoms with Crippen LogP contribution in [0.1, 0.15) is 17.4 Å². The third-order valence-electron chi connectivity index (χ3n) is 4.10. The Labute approximate surface area is 198 Å². The van der Waals surface area contributed by atoms with Crippen LogP contribution in [0.25, 0.3) is 6.08 Å². The van der Waals surface area contributed by atoms with Crippen molar-refractivity contribution in [3.8, 4) is 5.75 Å². The van der Waals surface area contributed by atoms with Gasteiger partial charge in [0.15, 0.2) is 5.11 Å². The van der Waals surface area contributed by atoms with Crippen LogP contribution in [0.4, 0.5) is 0 Å². The van der Waals surface area contributed by atoms with Gasteiger partial charge in [0.05, 0.1) is 6.61 Å². The molecule has 0 aliphatic heterocycles. The SMILES string of the molecule is CCOCCOc1ccc(CCNC(=O)C=Cc2cccs2)cc1S(=O)(=O)NC(=S)NC. The lowest BCUT2D eigenvalue weighted by Gasteiger charge is -2.15. The number of amides is 1. The maximum absolute atomic E-state index is 12.8. The Balaban J connectivity index is 2.07. The molecule has 11 heteroatoms. The molecule has 0 unspecified atom stereocenters. The van der Waals surface area contributed by atoms with Crippen molar-refractivity contribution in [3.05, 3.63) is 52.2 Å². The number of carbonyl (C=O) groups is 1. The summed E-state index contributed by atoms with van der Waals surface area (Å²) in [4.78, 5) is 12.9. The van der Waals surface area contributed by atoms with Crippen molar-refractivity contribution in [1.82, 2.24) is 15.4 Å². The molecule has 2 aromatic rings. The standard InChI is InChI=1S/C21H27N3O5S3/c1-3-28-12-13-29-18-8-6-16(15-19(18)32(26,27)24-21(30)22-2)10-11-23-20(25)9-7-17-5-4-14-31-17/h4-9,14-15H,3,10-13H2,1-2H3,(H,23,25)(H2,22,24,30). The minimum atomic E-state index is -3.96. The molecule has 1 aromatic carbocycles. The molecule has 0 atom stereocenters. The van der Waals surface area contributed by atoms with Crippen molar-refractivity contribution in [2.45, 2.75) is 18.2 Å². The zero-order valence-corrected chi connectivity index (χ0v) is 20.4. The van der Waals surface area contributed by atoms with Crippen LogP contribution in [0.5, 0.6) is 5.75 Å². The molecule has 0 spiro atoms. The number of rotatable bonds is 12. The molecule has 0 aliphatic rings. The first-order valence-corrected chi connectivity index (χ1v) is 12.7. The van der Waals surface area contributed by atoms with Crippen molar-refractivity contribution >= 4 is 50.7 Å². The largest absolute Gasteiger partial charge is 0.490 e. The molecule has 0 radical (unpaired) electrons. The summed E-state index contributed by atoms with van der Waals surface area (Å²) in [6, 6.07) is 8.71. The summed E-state index contributed by atoms with van der Waals surface area (Å²) in [6.45, 7) is 3.30. The average molecular weight is 498 g/mol. The summed E-state index contributed by atoms with van der Waals surface area (Å²) in [5, 5.41) is 7.28. The molecule has 1 amide bonds. The average Bonchev–Trinajstić information content (AvgIpc) is 3.29. The van der Waals surface area contributed by atoms with E-state index < -0.39 is 10.0 Å². The molecule has 0 bridgehead atoms. The lowest BCUT2D eigenvalue weighted by molar-refractivity contribution is -0.116. The predicted molar refractivity (Wildman–Crippen MR) is 130 cm³/mol. The summed E-state index contributed by atoms with van der Waals surface area (Å²) in [6.07, 6.45) is 3.66. The predicted octanol–water partition coefficient (Wildman–Crippen LogP) is 2.32. The van der Waals surface area contributed by atoms with Crippen molar-refractivity contribution in [2.75, 3.05) is 33.4 Å². The highest BCUT2D eigenvalue weighted by molar-refractivity contribution is 7.92. The fourth-order valence-corrected chi connectivity index (χ4v) is 4.65. The monoisotopic (exact) mass is 497 g/mol. The third kappa shape index (κ3) is 8.58. The summed E-state index contributed by atoms with van der Waals surface area (Å²) in [5.74, 6) is -0.0223. The fraction of sp³-hybridized carbons (Fsp3) is 0.333. The second kappa shape index (κ2) is 13.2. The molecule has 0 aliphatic carbocycles. The molecule has 1 heterocycles. The van der Waals surface area contributed by atoms with Crippen molar-refractivity contribution < 1.29 is 22.7 Å². The van der Waals surface area contributed by atoms with Crippen LogP contribution in [0, 0.1) is 0 Å². The van der Waals surface area contributed by atoms with Crippen LogP contribution >= 0.6 is 23.6 Å². The Hall–Kier alpha value is -2.47. The maximum atomic E-state index is 12.8. The zero-order valence-electron chi connectivity index (χ0n) is 17.9. The number of benzene rings is 1. The molecule has 0 saturated heterocycles. The van der Waals surface area contributed by atoms with Gasteiger partial charge >= 0.3 is 0 Å². The smallest absolute Gasteiger partial charge is 0.267 e. The zero-order chi connectivity index (χ0) is 23.4. The van der Waals surface area contributed by atoms with Crippen LogP contribution in [-0.4, -0.2) is 52.9 Å². The van der Waals surface area contributed by atoms with Gasteiger partial charge in [0.2, 0.25) is 5.91 Å². The fourth-order valence-electron chi connectivity index (χ4n) is 2.55. The number of hydrogen-bond donors (Lipinski definition) is 3. The van der Waals surface area contributed by atoms with Gasteiger partial charge in [-0.1, -0.05) is 12.1 Å². The summed E-state index contributed by atoms with van der Waals surface area (Å²) in [5.41, 5.74) is 0.723. The van der Waals surface area contributed by atoms with Crippen molar-refractivity contribution in [1.29, 1.82) is 0 Å². The van der Waals surface area contributed by atoms with E-state index in [0.29, 0.717) is 26.2 Å². The van der Waals surface area contributed by atoms with E-state index in [1.807, 2.05) is 24.4 Å². The molecular weight excluding hydrogens is 470 g/mol. The normalized spacial score (nSPS) is 11.3. The molecule has 32 heavy (non-hydrogen) atoms. The second-order valence-corrected chi connectivity index (χ2v) is 9.44. The van der Waals surface area contributed by atoms with Gasteiger partial charge in [-0.15, -0.1) is 11.3 Å². The van der Waals surface area contributed by atoms with E-state index in [1.165, 1.54) is 19.2 Å². The summed E-state index contributed by atoms with van der Waals surface area (Å²) < 4.78 is 38.8. The molecule has 8 nitrogen and oxygen atoms in total. The highest BCUT2D eigenvalue weighted by Crippen LogP contribution is 2.25. The molecule has 3 N–H and O–H groups in total. The number of thiocarbonyl (C=S) groups is 1. The number of carbonyl (C=O) groups excluding carboxylic acids is 1. The van der Waals surface area contributed by atoms with Crippen LogP contribution in [-0.2, 0) is 26.0 Å². The molecule has 0 fully saturated rings. The summed E-state index contributed by atoms with van der Waals surface area (Å²) >= 11 is 6.48. The van der Waals surface area contributed by atoms with Gasteiger partial charge in [-0.25, -0.2) is 8.42 Å². The molecule has 174 valence electrons. The van der Waals surface area contributed by atoms with Gasteiger partial charge in [-0.3, -0.25) is 9.52 Å². The Morgan fingerprint density at radius 2 is 2.06 bits per heavy atom. The second-order valence-electron chi connectivity index (χ2n) is 6.40. The van der Waals surface area contributed by atoms with E-state index in [2.05, 4.69) is 15.4 Å². The van der Waals surface area contributed by atoms with Gasteiger partial charge in [-0.2, -0.15) is 0 Å². The Bertz CT molecular complexity index is 1020. The number of sulfonamides is 1. The lowest BCUT2D eigenvalue weighted by Crippen LogP contribution is -2.37. The van der Waals surface area contributed by atoms with Gasteiger partial charge in [0.25, 0.3) is 10.0 Å². The minimum absolute atomic E-state index is 0.0274. The first-order chi connectivity index (χ1) is 15.4. The van der Waals surface area contributed by atoms with E-state index in [0.717, 1.165) is 10.4 Å². The highest BCUT2D eigenvalue weighted by atomic mass is 32.2. The van der Waals surface area contributed by atoms with E-state index in [1.54, 1.807) is 29.5 Å². The van der Waals surface area contributed by atoms with E-state index in [-0.39, 0.29) is 28.3 Å². The van der Waals surface area contributed by atoms with Gasteiger partial charge in [0, 0.05) is 31.2 Å². The highest BCUT2D eigenvalue weighted by Gasteiger charge is 2.21. The van der Waals surface area contributed by atoms with Crippen LogP contribution < -0.4 is 20.1 Å². The van der Waals surface area contributed by atoms with Gasteiger partial charge < -0.3 is 20.1 Å². The molecular formula is C21H27N3O5S3. The van der Waals surface area contributed by atoms with E-state index in [4.69, 9.17) is 21.7 Å². The van der Waals surface area contributed by atoms with Gasteiger partial charge in [0.1, 0.15) is 17.3 Å².